The van der Waals surface area contributed by atoms with Crippen LogP contribution in [0.4, 0.5) is 0 Å². The van der Waals surface area contributed by atoms with Gasteiger partial charge in [0.15, 0.2) is 0 Å². The highest BCUT2D eigenvalue weighted by molar-refractivity contribution is 5.46. The minimum atomic E-state index is 0.616. The van der Waals surface area contributed by atoms with Gasteiger partial charge in [0.1, 0.15) is 0 Å². The van der Waals surface area contributed by atoms with Crippen LogP contribution in [0.25, 0.3) is 0 Å². The largest absolute Gasteiger partial charge is 0.355 e. The first kappa shape index (κ1) is 14.9. The van der Waals surface area contributed by atoms with Crippen molar-refractivity contribution in [2.24, 2.45) is 0 Å². The molecule has 0 radical (unpaired) electrons. The first-order valence-corrected chi connectivity index (χ1v) is 6.40. The van der Waals surface area contributed by atoms with Crippen LogP contribution in [-0.2, 0) is 4.79 Å². The average Bonchev–Trinajstić information content (AvgIpc) is 2.31. The van der Waals surface area contributed by atoms with E-state index in [9.17, 15) is 4.79 Å². The number of nitrogens with one attached hydrogen (secondary N) is 1. The van der Waals surface area contributed by atoms with Crippen molar-refractivity contribution < 1.29 is 4.79 Å². The zero-order valence-electron chi connectivity index (χ0n) is 10.5. The maximum absolute atomic E-state index is 9.92. The molecule has 92 valence electrons. The number of amides is 1. The fourth-order valence-corrected chi connectivity index (χ4v) is 1.48. The summed E-state index contributed by atoms with van der Waals surface area (Å²) in [4.78, 5) is 9.92. The number of rotatable bonds is 11. The molecule has 2 heteroatoms. The van der Waals surface area contributed by atoms with E-state index in [1.165, 1.54) is 38.5 Å². The number of carbonyl (C=O) groups is 1. The molecule has 0 fully saturated rings. The Morgan fingerprint density at radius 2 is 1.62 bits per heavy atom. The Morgan fingerprint density at radius 3 is 2.38 bits per heavy atom. The van der Waals surface area contributed by atoms with E-state index in [2.05, 4.69) is 24.4 Å². The third kappa shape index (κ3) is 12.9. The standard InChI is InChI=1S/C14H25NO/c1-2-3-4-5-6-7-8-9-10-11-12-13-15-14-16/h9-12,14H,2-8,13H2,1H3,(H,15,16). The molecule has 0 rings (SSSR count). The molecule has 2 nitrogen and oxygen atoms in total. The van der Waals surface area contributed by atoms with E-state index < -0.39 is 0 Å². The van der Waals surface area contributed by atoms with Crippen molar-refractivity contribution in [3.05, 3.63) is 24.3 Å². The molecule has 0 aliphatic carbocycles. The lowest BCUT2D eigenvalue weighted by atomic mass is 10.1. The third-order valence-corrected chi connectivity index (χ3v) is 2.43. The zero-order valence-corrected chi connectivity index (χ0v) is 10.5. The van der Waals surface area contributed by atoms with Gasteiger partial charge in [-0.15, -0.1) is 0 Å². The van der Waals surface area contributed by atoms with Gasteiger partial charge in [0.2, 0.25) is 6.41 Å². The topological polar surface area (TPSA) is 29.1 Å². The van der Waals surface area contributed by atoms with Crippen molar-refractivity contribution in [3.63, 3.8) is 0 Å². The molecule has 0 atom stereocenters. The van der Waals surface area contributed by atoms with Crippen LogP contribution in [0, 0.1) is 0 Å². The first-order valence-electron chi connectivity index (χ1n) is 6.40. The third-order valence-electron chi connectivity index (χ3n) is 2.43. The molecule has 1 amide bonds. The van der Waals surface area contributed by atoms with Crippen molar-refractivity contribution in [2.45, 2.75) is 51.9 Å². The summed E-state index contributed by atoms with van der Waals surface area (Å²) in [6.07, 6.45) is 18.1. The van der Waals surface area contributed by atoms with E-state index in [0.717, 1.165) is 6.42 Å². The molecule has 0 aromatic rings. The molecule has 16 heavy (non-hydrogen) atoms. The summed E-state index contributed by atoms with van der Waals surface area (Å²) in [6, 6.07) is 0. The highest BCUT2D eigenvalue weighted by Gasteiger charge is 1.87. The summed E-state index contributed by atoms with van der Waals surface area (Å²) in [5, 5.41) is 2.58. The second kappa shape index (κ2) is 13.9. The lowest BCUT2D eigenvalue weighted by Crippen LogP contribution is -2.08. The van der Waals surface area contributed by atoms with Gasteiger partial charge in [0, 0.05) is 6.54 Å². The molecule has 0 aliphatic heterocycles. The van der Waals surface area contributed by atoms with Crippen molar-refractivity contribution >= 4 is 6.41 Å². The lowest BCUT2D eigenvalue weighted by Gasteiger charge is -1.97. The maximum atomic E-state index is 9.92. The maximum Gasteiger partial charge on any atom is 0.207 e. The van der Waals surface area contributed by atoms with Crippen LogP contribution in [0.5, 0.6) is 0 Å². The Balaban J connectivity index is 3.14. The highest BCUT2D eigenvalue weighted by Crippen LogP contribution is 2.06. The Hall–Kier alpha value is -1.05. The van der Waals surface area contributed by atoms with Crippen LogP contribution in [0.1, 0.15) is 51.9 Å². The predicted octanol–water partition coefficient (Wildman–Crippen LogP) is 3.60. The fourth-order valence-electron chi connectivity index (χ4n) is 1.48. The second-order valence-corrected chi connectivity index (χ2v) is 3.94. The molecule has 0 unspecified atom stereocenters. The van der Waals surface area contributed by atoms with Crippen LogP contribution < -0.4 is 5.32 Å². The Labute approximate surface area is 99.8 Å². The Morgan fingerprint density at radius 1 is 0.938 bits per heavy atom. The van der Waals surface area contributed by atoms with E-state index in [1.54, 1.807) is 0 Å². The minimum Gasteiger partial charge on any atom is -0.355 e. The van der Waals surface area contributed by atoms with Gasteiger partial charge in [0.05, 0.1) is 0 Å². The first-order chi connectivity index (χ1) is 7.91. The van der Waals surface area contributed by atoms with Crippen molar-refractivity contribution in [2.75, 3.05) is 6.54 Å². The SMILES string of the molecule is CCCCCCCCC=CC=CCNC=O. The highest BCUT2D eigenvalue weighted by atomic mass is 16.1. The van der Waals surface area contributed by atoms with Crippen LogP contribution >= 0.6 is 0 Å². The summed E-state index contributed by atoms with van der Waals surface area (Å²) in [7, 11) is 0. The number of carbonyl (C=O) groups excluding carboxylic acids is 1. The van der Waals surface area contributed by atoms with Gasteiger partial charge >= 0.3 is 0 Å². The molecule has 1 N–H and O–H groups in total. The van der Waals surface area contributed by atoms with E-state index in [4.69, 9.17) is 0 Å². The molecule has 0 heterocycles. The van der Waals surface area contributed by atoms with Crippen molar-refractivity contribution in [1.29, 1.82) is 0 Å². The fraction of sp³-hybridized carbons (Fsp3) is 0.643. The molecule has 0 saturated heterocycles. The quantitative estimate of drug-likeness (QED) is 0.324. The van der Waals surface area contributed by atoms with Gasteiger partial charge in [-0.3, -0.25) is 4.79 Å². The number of allylic oxidation sites excluding steroid dienone is 3. The summed E-state index contributed by atoms with van der Waals surface area (Å²) in [5.74, 6) is 0. The summed E-state index contributed by atoms with van der Waals surface area (Å²) in [6.45, 7) is 2.86. The molecule has 0 aromatic heterocycles. The Kier molecular flexibility index (Phi) is 13.0. The molecule has 0 bridgehead atoms. The van der Waals surface area contributed by atoms with Gasteiger partial charge in [-0.1, -0.05) is 63.3 Å². The summed E-state index contributed by atoms with van der Waals surface area (Å²) < 4.78 is 0. The van der Waals surface area contributed by atoms with Crippen LogP contribution in [0.3, 0.4) is 0 Å². The number of hydrogen-bond acceptors (Lipinski definition) is 1. The summed E-state index contributed by atoms with van der Waals surface area (Å²) in [5.41, 5.74) is 0. The van der Waals surface area contributed by atoms with E-state index in [-0.39, 0.29) is 0 Å². The van der Waals surface area contributed by atoms with E-state index >= 15 is 0 Å². The molecule has 0 aliphatic rings. The molecule has 0 saturated carbocycles. The van der Waals surface area contributed by atoms with Crippen molar-refractivity contribution in [3.8, 4) is 0 Å². The predicted molar refractivity (Wildman–Crippen MR) is 70.3 cm³/mol. The number of hydrogen-bond donors (Lipinski definition) is 1. The lowest BCUT2D eigenvalue weighted by molar-refractivity contribution is -0.109. The van der Waals surface area contributed by atoms with E-state index in [0.29, 0.717) is 13.0 Å². The normalized spacial score (nSPS) is 11.3. The molecular formula is C14H25NO. The summed E-state index contributed by atoms with van der Waals surface area (Å²) >= 11 is 0. The monoisotopic (exact) mass is 223 g/mol. The van der Waals surface area contributed by atoms with Gasteiger partial charge in [-0.25, -0.2) is 0 Å². The average molecular weight is 223 g/mol. The molecule has 0 aromatic carbocycles. The smallest absolute Gasteiger partial charge is 0.207 e. The van der Waals surface area contributed by atoms with Crippen LogP contribution in [0.2, 0.25) is 0 Å². The Bertz CT molecular complexity index is 197. The van der Waals surface area contributed by atoms with E-state index in [1.807, 2.05) is 12.2 Å². The zero-order chi connectivity index (χ0) is 11.9. The van der Waals surface area contributed by atoms with Gasteiger partial charge in [0.25, 0.3) is 0 Å². The number of unbranched alkanes of at least 4 members (excludes halogenated alkanes) is 6. The van der Waals surface area contributed by atoms with Crippen LogP contribution in [0.15, 0.2) is 24.3 Å². The minimum absolute atomic E-state index is 0.616. The van der Waals surface area contributed by atoms with Gasteiger partial charge < -0.3 is 5.32 Å². The van der Waals surface area contributed by atoms with Crippen LogP contribution in [-0.4, -0.2) is 13.0 Å². The molecular weight excluding hydrogens is 198 g/mol. The van der Waals surface area contributed by atoms with Gasteiger partial charge in [-0.2, -0.15) is 0 Å². The van der Waals surface area contributed by atoms with Gasteiger partial charge in [-0.05, 0) is 12.8 Å². The van der Waals surface area contributed by atoms with Crippen molar-refractivity contribution in [1.82, 2.24) is 5.32 Å². The second-order valence-electron chi connectivity index (χ2n) is 3.94. The molecule has 0 spiro atoms.